The lowest BCUT2D eigenvalue weighted by Crippen LogP contribution is -2.02. The third-order valence-corrected chi connectivity index (χ3v) is 2.71. The first-order valence-electron chi connectivity index (χ1n) is 6.11. The summed E-state index contributed by atoms with van der Waals surface area (Å²) >= 11 is 0. The minimum atomic E-state index is 0.841. The molecule has 1 rings (SSSR count). The molecule has 0 spiro atoms. The predicted molar refractivity (Wildman–Crippen MR) is 62.7 cm³/mol. The topological polar surface area (TPSA) is 30.7 Å². The molecule has 0 unspecified atom stereocenters. The zero-order chi connectivity index (χ0) is 11.1. The molecule has 15 heavy (non-hydrogen) atoms. The largest absolute Gasteiger partial charge is 0.250 e. The maximum absolute atomic E-state index is 4.03. The van der Waals surface area contributed by atoms with Crippen LogP contribution in [0.2, 0.25) is 0 Å². The molecule has 0 fully saturated rings. The maximum Gasteiger partial charge on any atom is 0.0725 e. The second-order valence-corrected chi connectivity index (χ2v) is 4.53. The van der Waals surface area contributed by atoms with Gasteiger partial charge in [-0.2, -0.15) is 0 Å². The minimum absolute atomic E-state index is 0.841. The molecule has 1 aromatic heterocycles. The van der Waals surface area contributed by atoms with E-state index in [0.717, 1.165) is 18.9 Å². The molecule has 1 aromatic rings. The summed E-state index contributed by atoms with van der Waals surface area (Å²) in [5, 5.41) is 7.96. The van der Waals surface area contributed by atoms with Gasteiger partial charge in [-0.15, -0.1) is 5.10 Å². The highest BCUT2D eigenvalue weighted by atomic mass is 15.4. The van der Waals surface area contributed by atoms with Crippen molar-refractivity contribution >= 4 is 0 Å². The third-order valence-electron chi connectivity index (χ3n) is 2.71. The third kappa shape index (κ3) is 4.45. The molecule has 3 heteroatoms. The van der Waals surface area contributed by atoms with E-state index in [9.17, 15) is 0 Å². The van der Waals surface area contributed by atoms with Crippen LogP contribution in [-0.2, 0) is 13.0 Å². The highest BCUT2D eigenvalue weighted by molar-refractivity contribution is 4.93. The molecule has 0 N–H and O–H groups in total. The molecule has 0 atom stereocenters. The van der Waals surface area contributed by atoms with Crippen LogP contribution in [0, 0.1) is 5.92 Å². The quantitative estimate of drug-likeness (QED) is 0.646. The van der Waals surface area contributed by atoms with Crippen molar-refractivity contribution in [2.24, 2.45) is 5.92 Å². The van der Waals surface area contributed by atoms with Gasteiger partial charge in [-0.25, -0.2) is 4.68 Å². The second kappa shape index (κ2) is 6.59. The van der Waals surface area contributed by atoms with E-state index in [1.165, 1.54) is 31.4 Å². The summed E-state index contributed by atoms with van der Waals surface area (Å²) in [5.41, 5.74) is 1.28. The fourth-order valence-corrected chi connectivity index (χ4v) is 1.77. The number of rotatable bonds is 7. The van der Waals surface area contributed by atoms with Gasteiger partial charge in [-0.1, -0.05) is 38.3 Å². The molecule has 1 heterocycles. The summed E-state index contributed by atoms with van der Waals surface area (Å²) < 4.78 is 1.99. The van der Waals surface area contributed by atoms with E-state index in [0.29, 0.717) is 0 Å². The van der Waals surface area contributed by atoms with Gasteiger partial charge in [0, 0.05) is 6.54 Å². The van der Waals surface area contributed by atoms with Crippen molar-refractivity contribution in [1.29, 1.82) is 0 Å². The highest BCUT2D eigenvalue weighted by Crippen LogP contribution is 2.10. The van der Waals surface area contributed by atoms with E-state index in [1.54, 1.807) is 0 Å². The summed E-state index contributed by atoms with van der Waals surface area (Å²) in [6.45, 7) is 7.62. The number of nitrogens with zero attached hydrogens (tertiary/aromatic N) is 3. The van der Waals surface area contributed by atoms with Gasteiger partial charge in [0.25, 0.3) is 0 Å². The molecule has 0 amide bonds. The second-order valence-electron chi connectivity index (χ2n) is 4.53. The van der Waals surface area contributed by atoms with E-state index >= 15 is 0 Å². The Morgan fingerprint density at radius 1 is 1.27 bits per heavy atom. The molecule has 0 saturated carbocycles. The fraction of sp³-hybridized carbons (Fsp3) is 0.833. The molecule has 0 aromatic carbocycles. The standard InChI is InChI=1S/C12H23N3/c1-4-15-12(10-13-14-15)9-7-5-6-8-11(2)3/h10-11H,4-9H2,1-3H3. The van der Waals surface area contributed by atoms with E-state index in [4.69, 9.17) is 0 Å². The van der Waals surface area contributed by atoms with Crippen molar-refractivity contribution in [3.8, 4) is 0 Å². The van der Waals surface area contributed by atoms with E-state index in [-0.39, 0.29) is 0 Å². The van der Waals surface area contributed by atoms with Gasteiger partial charge < -0.3 is 0 Å². The molecule has 3 nitrogen and oxygen atoms in total. The number of aromatic nitrogens is 3. The molecule has 0 aliphatic rings. The fourth-order valence-electron chi connectivity index (χ4n) is 1.77. The van der Waals surface area contributed by atoms with Gasteiger partial charge in [0.05, 0.1) is 11.9 Å². The zero-order valence-corrected chi connectivity index (χ0v) is 10.2. The van der Waals surface area contributed by atoms with Crippen LogP contribution in [0.4, 0.5) is 0 Å². The van der Waals surface area contributed by atoms with Gasteiger partial charge in [0.15, 0.2) is 0 Å². The smallest absolute Gasteiger partial charge is 0.0725 e. The average Bonchev–Trinajstić information content (AvgIpc) is 2.64. The Balaban J connectivity index is 2.15. The molecule has 0 bridgehead atoms. The highest BCUT2D eigenvalue weighted by Gasteiger charge is 2.01. The molecular weight excluding hydrogens is 186 g/mol. The van der Waals surface area contributed by atoms with Crippen LogP contribution < -0.4 is 0 Å². The monoisotopic (exact) mass is 209 g/mol. The molecule has 0 radical (unpaired) electrons. The van der Waals surface area contributed by atoms with Crippen molar-refractivity contribution in [2.45, 2.75) is 59.4 Å². The SMILES string of the molecule is CCn1nncc1CCCCCC(C)C. The zero-order valence-electron chi connectivity index (χ0n) is 10.2. The van der Waals surface area contributed by atoms with Crippen molar-refractivity contribution in [3.05, 3.63) is 11.9 Å². The molecular formula is C12H23N3. The summed E-state index contributed by atoms with van der Waals surface area (Å²) in [5.74, 6) is 0.841. The van der Waals surface area contributed by atoms with Crippen LogP contribution in [0.25, 0.3) is 0 Å². The van der Waals surface area contributed by atoms with Crippen LogP contribution in [0.5, 0.6) is 0 Å². The first kappa shape index (κ1) is 12.2. The van der Waals surface area contributed by atoms with Crippen LogP contribution in [0.3, 0.4) is 0 Å². The predicted octanol–water partition coefficient (Wildman–Crippen LogP) is 3.06. The van der Waals surface area contributed by atoms with Crippen LogP contribution >= 0.6 is 0 Å². The molecule has 0 aliphatic carbocycles. The first-order chi connectivity index (χ1) is 7.24. The van der Waals surface area contributed by atoms with Crippen LogP contribution in [0.15, 0.2) is 6.20 Å². The van der Waals surface area contributed by atoms with Crippen molar-refractivity contribution in [1.82, 2.24) is 15.0 Å². The lowest BCUT2D eigenvalue weighted by atomic mass is 10.0. The van der Waals surface area contributed by atoms with Gasteiger partial charge in [0.2, 0.25) is 0 Å². The van der Waals surface area contributed by atoms with Crippen molar-refractivity contribution < 1.29 is 0 Å². The van der Waals surface area contributed by atoms with Gasteiger partial charge in [-0.3, -0.25) is 0 Å². The Bertz CT molecular complexity index is 266. The summed E-state index contributed by atoms with van der Waals surface area (Å²) in [6, 6.07) is 0. The number of hydrogen-bond acceptors (Lipinski definition) is 2. The number of hydrogen-bond donors (Lipinski definition) is 0. The average molecular weight is 209 g/mol. The Morgan fingerprint density at radius 2 is 2.07 bits per heavy atom. The lowest BCUT2D eigenvalue weighted by molar-refractivity contribution is 0.519. The van der Waals surface area contributed by atoms with E-state index in [2.05, 4.69) is 31.1 Å². The van der Waals surface area contributed by atoms with E-state index < -0.39 is 0 Å². The molecule has 0 aliphatic heterocycles. The Labute approximate surface area is 92.9 Å². The van der Waals surface area contributed by atoms with Gasteiger partial charge in [0.1, 0.15) is 0 Å². The summed E-state index contributed by atoms with van der Waals surface area (Å²) in [4.78, 5) is 0. The van der Waals surface area contributed by atoms with Crippen molar-refractivity contribution in [3.63, 3.8) is 0 Å². The number of unbranched alkanes of at least 4 members (excludes halogenated alkanes) is 2. The Kier molecular flexibility index (Phi) is 5.37. The lowest BCUT2D eigenvalue weighted by Gasteiger charge is -2.05. The molecule has 86 valence electrons. The Morgan fingerprint density at radius 3 is 2.73 bits per heavy atom. The van der Waals surface area contributed by atoms with Gasteiger partial charge >= 0.3 is 0 Å². The normalized spacial score (nSPS) is 11.2. The van der Waals surface area contributed by atoms with Crippen molar-refractivity contribution in [2.75, 3.05) is 0 Å². The van der Waals surface area contributed by atoms with Crippen LogP contribution in [-0.4, -0.2) is 15.0 Å². The molecule has 0 saturated heterocycles. The number of aryl methyl sites for hydroxylation is 2. The maximum atomic E-state index is 4.03. The van der Waals surface area contributed by atoms with Gasteiger partial charge in [-0.05, 0) is 25.7 Å². The van der Waals surface area contributed by atoms with E-state index in [1.807, 2.05) is 10.9 Å². The van der Waals surface area contributed by atoms with Crippen LogP contribution in [0.1, 0.15) is 52.1 Å². The Hall–Kier alpha value is -0.860. The minimum Gasteiger partial charge on any atom is -0.250 e. The summed E-state index contributed by atoms with van der Waals surface area (Å²) in [6.07, 6.45) is 8.31. The first-order valence-corrected chi connectivity index (χ1v) is 6.11. The summed E-state index contributed by atoms with van der Waals surface area (Å²) in [7, 11) is 0.